The summed E-state index contributed by atoms with van der Waals surface area (Å²) in [7, 11) is -3.74. The third-order valence-electron chi connectivity index (χ3n) is 5.47. The lowest BCUT2D eigenvalue weighted by atomic mass is 10.0. The predicted octanol–water partition coefficient (Wildman–Crippen LogP) is 5.17. The minimum atomic E-state index is -3.74. The maximum atomic E-state index is 13.4. The highest BCUT2D eigenvalue weighted by atomic mass is 32.2. The number of nitrogens with one attached hydrogen (secondary N) is 2. The van der Waals surface area contributed by atoms with Crippen LogP contribution in [0.5, 0.6) is 0 Å². The third kappa shape index (κ3) is 3.24. The molecule has 4 aromatic carbocycles. The van der Waals surface area contributed by atoms with Crippen LogP contribution in [0.15, 0.2) is 95.9 Å². The Bertz CT molecular complexity index is 1320. The van der Waals surface area contributed by atoms with Gasteiger partial charge in [-0.15, -0.1) is 0 Å². The molecule has 0 fully saturated rings. The molecule has 0 bridgehead atoms. The first-order valence-corrected chi connectivity index (χ1v) is 11.1. The average Bonchev–Trinajstić information content (AvgIpc) is 3.05. The molecule has 0 aromatic heterocycles. The zero-order valence-electron chi connectivity index (χ0n) is 15.9. The Labute approximate surface area is 174 Å². The van der Waals surface area contributed by atoms with Gasteiger partial charge in [-0.1, -0.05) is 54.6 Å². The zero-order chi connectivity index (χ0) is 20.7. The van der Waals surface area contributed by atoms with Crippen molar-refractivity contribution >= 4 is 26.5 Å². The Morgan fingerprint density at radius 1 is 0.700 bits per heavy atom. The molecule has 1 aliphatic carbocycles. The molecule has 0 heterocycles. The van der Waals surface area contributed by atoms with E-state index in [4.69, 9.17) is 0 Å². The van der Waals surface area contributed by atoms with Crippen molar-refractivity contribution in [3.05, 3.63) is 108 Å². The summed E-state index contributed by atoms with van der Waals surface area (Å²) in [4.78, 5) is 0.216. The normalized spacial score (nSPS) is 17.9. The van der Waals surface area contributed by atoms with E-state index in [0.717, 1.165) is 27.6 Å². The smallest absolute Gasteiger partial charge is 0.241 e. The lowest BCUT2D eigenvalue weighted by Crippen LogP contribution is -2.33. The van der Waals surface area contributed by atoms with Crippen molar-refractivity contribution in [2.45, 2.75) is 17.0 Å². The van der Waals surface area contributed by atoms with Crippen LogP contribution >= 0.6 is 0 Å². The van der Waals surface area contributed by atoms with Crippen molar-refractivity contribution < 1.29 is 12.8 Å². The van der Waals surface area contributed by atoms with Crippen LogP contribution in [-0.4, -0.2) is 8.42 Å². The summed E-state index contributed by atoms with van der Waals surface area (Å²) >= 11 is 0. The second-order valence-corrected chi connectivity index (χ2v) is 9.05. The van der Waals surface area contributed by atoms with Gasteiger partial charge in [0, 0.05) is 5.69 Å². The minimum Gasteiger partial charge on any atom is -0.376 e. The summed E-state index contributed by atoms with van der Waals surface area (Å²) in [6.45, 7) is 0. The SMILES string of the molecule is O=S(=O)(NC1c2cccc3cccc(c23)C1Nc1ccc(F)cc1)c1ccccc1. The van der Waals surface area contributed by atoms with Crippen molar-refractivity contribution in [1.82, 2.24) is 4.72 Å². The molecule has 0 spiro atoms. The molecule has 0 aliphatic heterocycles. The highest BCUT2D eigenvalue weighted by Crippen LogP contribution is 2.46. The Hall–Kier alpha value is -3.22. The van der Waals surface area contributed by atoms with Gasteiger partial charge < -0.3 is 5.32 Å². The first-order valence-electron chi connectivity index (χ1n) is 9.64. The molecule has 6 heteroatoms. The summed E-state index contributed by atoms with van der Waals surface area (Å²) in [6, 6.07) is 25.5. The summed E-state index contributed by atoms with van der Waals surface area (Å²) in [5, 5.41) is 5.50. The van der Waals surface area contributed by atoms with Crippen molar-refractivity contribution in [1.29, 1.82) is 0 Å². The van der Waals surface area contributed by atoms with Crippen molar-refractivity contribution in [2.75, 3.05) is 5.32 Å². The van der Waals surface area contributed by atoms with E-state index >= 15 is 0 Å². The van der Waals surface area contributed by atoms with E-state index in [1.54, 1.807) is 42.5 Å². The molecule has 0 radical (unpaired) electrons. The van der Waals surface area contributed by atoms with E-state index in [1.165, 1.54) is 12.1 Å². The van der Waals surface area contributed by atoms with Crippen LogP contribution in [0.1, 0.15) is 23.2 Å². The Morgan fingerprint density at radius 2 is 1.33 bits per heavy atom. The summed E-state index contributed by atoms with van der Waals surface area (Å²) < 4.78 is 42.5. The van der Waals surface area contributed by atoms with Gasteiger partial charge in [0.1, 0.15) is 5.82 Å². The van der Waals surface area contributed by atoms with Crippen LogP contribution in [0, 0.1) is 5.82 Å². The number of sulfonamides is 1. The number of anilines is 1. The van der Waals surface area contributed by atoms with E-state index in [2.05, 4.69) is 10.0 Å². The molecule has 0 saturated carbocycles. The van der Waals surface area contributed by atoms with E-state index in [0.29, 0.717) is 0 Å². The molecule has 5 rings (SSSR count). The van der Waals surface area contributed by atoms with Gasteiger partial charge in [-0.05, 0) is 58.3 Å². The lowest BCUT2D eigenvalue weighted by Gasteiger charge is -2.25. The van der Waals surface area contributed by atoms with E-state index < -0.39 is 16.1 Å². The molecule has 30 heavy (non-hydrogen) atoms. The van der Waals surface area contributed by atoms with Gasteiger partial charge >= 0.3 is 0 Å². The van der Waals surface area contributed by atoms with Crippen LogP contribution in [0.2, 0.25) is 0 Å². The van der Waals surface area contributed by atoms with Gasteiger partial charge in [0.25, 0.3) is 0 Å². The molecule has 150 valence electrons. The van der Waals surface area contributed by atoms with Gasteiger partial charge in [-0.3, -0.25) is 0 Å². The van der Waals surface area contributed by atoms with E-state index in [9.17, 15) is 12.8 Å². The largest absolute Gasteiger partial charge is 0.376 e. The fraction of sp³-hybridized carbons (Fsp3) is 0.0833. The molecule has 0 amide bonds. The lowest BCUT2D eigenvalue weighted by molar-refractivity contribution is 0.534. The van der Waals surface area contributed by atoms with E-state index in [1.807, 2.05) is 36.4 Å². The van der Waals surface area contributed by atoms with Crippen molar-refractivity contribution in [3.8, 4) is 0 Å². The quantitative estimate of drug-likeness (QED) is 0.470. The second-order valence-electron chi connectivity index (χ2n) is 7.33. The summed E-state index contributed by atoms with van der Waals surface area (Å²) in [6.07, 6.45) is 0. The highest BCUT2D eigenvalue weighted by molar-refractivity contribution is 7.89. The molecule has 2 unspecified atom stereocenters. The highest BCUT2D eigenvalue weighted by Gasteiger charge is 2.37. The van der Waals surface area contributed by atoms with Crippen molar-refractivity contribution in [2.24, 2.45) is 0 Å². The molecule has 2 atom stereocenters. The Morgan fingerprint density at radius 3 is 2.00 bits per heavy atom. The molecular formula is C24H19FN2O2S. The van der Waals surface area contributed by atoms with Crippen LogP contribution in [-0.2, 0) is 10.0 Å². The van der Waals surface area contributed by atoms with Gasteiger partial charge in [0.05, 0.1) is 17.0 Å². The van der Waals surface area contributed by atoms with Crippen LogP contribution < -0.4 is 10.0 Å². The van der Waals surface area contributed by atoms with Gasteiger partial charge in [-0.2, -0.15) is 0 Å². The number of hydrogen-bond donors (Lipinski definition) is 2. The third-order valence-corrected chi connectivity index (χ3v) is 6.93. The number of rotatable bonds is 5. The van der Waals surface area contributed by atoms with E-state index in [-0.39, 0.29) is 16.8 Å². The number of benzene rings is 4. The molecule has 2 N–H and O–H groups in total. The van der Waals surface area contributed by atoms with Gasteiger partial charge in [-0.25, -0.2) is 17.5 Å². The van der Waals surface area contributed by atoms with Gasteiger partial charge in [0.15, 0.2) is 0 Å². The Kier molecular flexibility index (Phi) is 4.53. The fourth-order valence-electron chi connectivity index (χ4n) is 4.13. The van der Waals surface area contributed by atoms with Gasteiger partial charge in [0.2, 0.25) is 10.0 Å². The molecule has 4 nitrogen and oxygen atoms in total. The zero-order valence-corrected chi connectivity index (χ0v) is 16.7. The Balaban J connectivity index is 1.60. The molecule has 0 saturated heterocycles. The monoisotopic (exact) mass is 418 g/mol. The molecule has 4 aromatic rings. The fourth-order valence-corrected chi connectivity index (χ4v) is 5.38. The standard InChI is InChI=1S/C24H19FN2O2S/c25-17-12-14-18(15-13-17)26-23-20-10-4-6-16-7-5-11-21(22(16)20)24(23)27-30(28,29)19-8-2-1-3-9-19/h1-15,23-24,26-27H. The number of hydrogen-bond acceptors (Lipinski definition) is 3. The minimum absolute atomic E-state index is 0.216. The maximum absolute atomic E-state index is 13.4. The van der Waals surface area contributed by atoms with Crippen LogP contribution in [0.4, 0.5) is 10.1 Å². The van der Waals surface area contributed by atoms with Crippen LogP contribution in [0.25, 0.3) is 10.8 Å². The second kappa shape index (κ2) is 7.23. The first-order chi connectivity index (χ1) is 14.5. The topological polar surface area (TPSA) is 58.2 Å². The predicted molar refractivity (Wildman–Crippen MR) is 116 cm³/mol. The number of halogens is 1. The average molecular weight is 418 g/mol. The molecular weight excluding hydrogens is 399 g/mol. The maximum Gasteiger partial charge on any atom is 0.241 e. The van der Waals surface area contributed by atoms with Crippen molar-refractivity contribution in [3.63, 3.8) is 0 Å². The van der Waals surface area contributed by atoms with Crippen LogP contribution in [0.3, 0.4) is 0 Å². The summed E-state index contributed by atoms with van der Waals surface area (Å²) in [5.41, 5.74) is 2.64. The first kappa shape index (κ1) is 18.8. The summed E-state index contributed by atoms with van der Waals surface area (Å²) in [5.74, 6) is -0.321. The molecule has 1 aliphatic rings.